The van der Waals surface area contributed by atoms with Crippen molar-refractivity contribution in [3.05, 3.63) is 120 Å². The fraction of sp³-hybridized carbons (Fsp3) is 0.167. The van der Waals surface area contributed by atoms with Crippen LogP contribution in [0.3, 0.4) is 0 Å². The van der Waals surface area contributed by atoms with Crippen LogP contribution in [0.1, 0.15) is 23.1 Å². The first-order valence-electron chi connectivity index (χ1n) is 8.82. The van der Waals surface area contributed by atoms with E-state index >= 15 is 0 Å². The Hall–Kier alpha value is -2.64. The van der Waals surface area contributed by atoms with Crippen molar-refractivity contribution in [3.63, 3.8) is 0 Å². The number of allylic oxidation sites excluding steroid dienone is 1. The molecule has 0 unspecified atom stereocenters. The summed E-state index contributed by atoms with van der Waals surface area (Å²) in [6, 6.07) is 32.1. The normalized spacial score (nSPS) is 11.2. The van der Waals surface area contributed by atoms with Gasteiger partial charge in [0, 0.05) is 18.5 Å². The van der Waals surface area contributed by atoms with E-state index in [0.717, 1.165) is 19.5 Å². The SMILES string of the molecule is C=CCC(CNCc1ccccc1)(c1ccccc1)c1ccccc1. The van der Waals surface area contributed by atoms with Gasteiger partial charge in [-0.05, 0) is 23.1 Å². The van der Waals surface area contributed by atoms with Gasteiger partial charge in [0.15, 0.2) is 0 Å². The summed E-state index contributed by atoms with van der Waals surface area (Å²) in [5.41, 5.74) is 3.83. The fourth-order valence-corrected chi connectivity index (χ4v) is 3.46. The van der Waals surface area contributed by atoms with Gasteiger partial charge >= 0.3 is 0 Å². The zero-order chi connectivity index (χ0) is 17.4. The molecule has 0 amide bonds. The molecule has 0 atom stereocenters. The van der Waals surface area contributed by atoms with E-state index in [1.807, 2.05) is 6.08 Å². The van der Waals surface area contributed by atoms with Gasteiger partial charge < -0.3 is 5.32 Å². The van der Waals surface area contributed by atoms with E-state index in [-0.39, 0.29) is 5.41 Å². The van der Waals surface area contributed by atoms with E-state index in [1.54, 1.807) is 0 Å². The van der Waals surface area contributed by atoms with Crippen LogP contribution in [-0.2, 0) is 12.0 Å². The van der Waals surface area contributed by atoms with Crippen molar-refractivity contribution in [2.45, 2.75) is 18.4 Å². The molecule has 126 valence electrons. The van der Waals surface area contributed by atoms with E-state index < -0.39 is 0 Å². The van der Waals surface area contributed by atoms with Crippen molar-refractivity contribution in [2.24, 2.45) is 0 Å². The first kappa shape index (κ1) is 17.2. The lowest BCUT2D eigenvalue weighted by Crippen LogP contribution is -2.38. The van der Waals surface area contributed by atoms with Crippen LogP contribution in [0.5, 0.6) is 0 Å². The number of benzene rings is 3. The van der Waals surface area contributed by atoms with E-state index in [1.165, 1.54) is 16.7 Å². The molecule has 0 saturated carbocycles. The molecule has 0 aliphatic rings. The maximum Gasteiger partial charge on any atom is 0.0361 e. The molecule has 1 heteroatoms. The molecule has 1 N–H and O–H groups in total. The maximum atomic E-state index is 4.03. The molecule has 3 rings (SSSR count). The van der Waals surface area contributed by atoms with Crippen LogP contribution in [0.15, 0.2) is 104 Å². The minimum absolute atomic E-state index is 0.112. The van der Waals surface area contributed by atoms with Crippen LogP contribution in [0.4, 0.5) is 0 Å². The third-order valence-corrected chi connectivity index (χ3v) is 4.74. The average Bonchev–Trinajstić information content (AvgIpc) is 2.69. The molecule has 0 saturated heterocycles. The third-order valence-electron chi connectivity index (χ3n) is 4.74. The molecular weight excluding hydrogens is 302 g/mol. The predicted octanol–water partition coefficient (Wildman–Crippen LogP) is 5.34. The number of hydrogen-bond donors (Lipinski definition) is 1. The average molecular weight is 327 g/mol. The lowest BCUT2D eigenvalue weighted by atomic mass is 9.72. The molecule has 0 radical (unpaired) electrons. The summed E-state index contributed by atoms with van der Waals surface area (Å²) >= 11 is 0. The maximum absolute atomic E-state index is 4.03. The van der Waals surface area contributed by atoms with E-state index in [2.05, 4.69) is 103 Å². The Bertz CT molecular complexity index is 723. The van der Waals surface area contributed by atoms with Crippen molar-refractivity contribution < 1.29 is 0 Å². The van der Waals surface area contributed by atoms with Gasteiger partial charge in [-0.3, -0.25) is 0 Å². The zero-order valence-electron chi connectivity index (χ0n) is 14.6. The highest BCUT2D eigenvalue weighted by Gasteiger charge is 2.32. The molecule has 0 aliphatic carbocycles. The van der Waals surface area contributed by atoms with Gasteiger partial charge in [0.05, 0.1) is 0 Å². The van der Waals surface area contributed by atoms with Gasteiger partial charge in [0.25, 0.3) is 0 Å². The van der Waals surface area contributed by atoms with E-state index in [9.17, 15) is 0 Å². The topological polar surface area (TPSA) is 12.0 Å². The van der Waals surface area contributed by atoms with Crippen LogP contribution in [0.25, 0.3) is 0 Å². The third kappa shape index (κ3) is 4.07. The Morgan fingerprint density at radius 2 is 1.20 bits per heavy atom. The van der Waals surface area contributed by atoms with Gasteiger partial charge in [-0.25, -0.2) is 0 Å². The molecule has 0 heterocycles. The summed E-state index contributed by atoms with van der Waals surface area (Å²) in [5, 5.41) is 3.68. The summed E-state index contributed by atoms with van der Waals surface area (Å²) in [4.78, 5) is 0. The minimum atomic E-state index is -0.112. The van der Waals surface area contributed by atoms with Crippen LogP contribution >= 0.6 is 0 Å². The molecule has 0 aromatic heterocycles. The predicted molar refractivity (Wildman–Crippen MR) is 107 cm³/mol. The van der Waals surface area contributed by atoms with E-state index in [0.29, 0.717) is 0 Å². The van der Waals surface area contributed by atoms with Crippen molar-refractivity contribution in [1.29, 1.82) is 0 Å². The van der Waals surface area contributed by atoms with Crippen LogP contribution < -0.4 is 5.32 Å². The molecule has 3 aromatic carbocycles. The van der Waals surface area contributed by atoms with E-state index in [4.69, 9.17) is 0 Å². The smallest absolute Gasteiger partial charge is 0.0361 e. The molecule has 0 bridgehead atoms. The first-order valence-corrected chi connectivity index (χ1v) is 8.82. The Labute approximate surface area is 151 Å². The molecule has 1 nitrogen and oxygen atoms in total. The fourth-order valence-electron chi connectivity index (χ4n) is 3.46. The Balaban J connectivity index is 1.91. The van der Waals surface area contributed by atoms with Crippen molar-refractivity contribution in [1.82, 2.24) is 5.32 Å². The molecular formula is C24H25N. The highest BCUT2D eigenvalue weighted by molar-refractivity contribution is 5.40. The molecule has 0 fully saturated rings. The Morgan fingerprint density at radius 3 is 1.68 bits per heavy atom. The first-order chi connectivity index (χ1) is 12.3. The largest absolute Gasteiger partial charge is 0.311 e. The highest BCUT2D eigenvalue weighted by atomic mass is 14.9. The summed E-state index contributed by atoms with van der Waals surface area (Å²) in [7, 11) is 0. The second kappa shape index (κ2) is 8.46. The van der Waals surface area contributed by atoms with Gasteiger partial charge in [-0.15, -0.1) is 6.58 Å². The van der Waals surface area contributed by atoms with Crippen LogP contribution in [-0.4, -0.2) is 6.54 Å². The van der Waals surface area contributed by atoms with Gasteiger partial charge in [0.1, 0.15) is 0 Å². The zero-order valence-corrected chi connectivity index (χ0v) is 14.6. The molecule has 0 spiro atoms. The standard InChI is InChI=1S/C24H25N/c1-2-18-24(22-14-8-4-9-15-22,23-16-10-5-11-17-23)20-25-19-21-12-6-3-7-13-21/h2-17,25H,1,18-20H2. The molecule has 3 aromatic rings. The quantitative estimate of drug-likeness (QED) is 0.551. The van der Waals surface area contributed by atoms with Crippen LogP contribution in [0, 0.1) is 0 Å². The minimum Gasteiger partial charge on any atom is -0.311 e. The lowest BCUT2D eigenvalue weighted by Gasteiger charge is -2.35. The number of rotatable bonds is 8. The summed E-state index contributed by atoms with van der Waals surface area (Å²) in [5.74, 6) is 0. The number of nitrogens with one attached hydrogen (secondary N) is 1. The lowest BCUT2D eigenvalue weighted by molar-refractivity contribution is 0.467. The van der Waals surface area contributed by atoms with Crippen LogP contribution in [0.2, 0.25) is 0 Å². The van der Waals surface area contributed by atoms with Gasteiger partial charge in [-0.1, -0.05) is 97.1 Å². The van der Waals surface area contributed by atoms with Gasteiger partial charge in [-0.2, -0.15) is 0 Å². The summed E-state index contributed by atoms with van der Waals surface area (Å²) in [6.45, 7) is 5.76. The Morgan fingerprint density at radius 1 is 0.720 bits per heavy atom. The summed E-state index contributed by atoms with van der Waals surface area (Å²) < 4.78 is 0. The molecule has 0 aliphatic heterocycles. The van der Waals surface area contributed by atoms with Crippen molar-refractivity contribution in [3.8, 4) is 0 Å². The van der Waals surface area contributed by atoms with Crippen molar-refractivity contribution in [2.75, 3.05) is 6.54 Å². The van der Waals surface area contributed by atoms with Gasteiger partial charge in [0.2, 0.25) is 0 Å². The highest BCUT2D eigenvalue weighted by Crippen LogP contribution is 2.35. The Kier molecular flexibility index (Phi) is 5.81. The summed E-state index contributed by atoms with van der Waals surface area (Å²) in [6.07, 6.45) is 2.92. The monoisotopic (exact) mass is 327 g/mol. The number of hydrogen-bond acceptors (Lipinski definition) is 1. The molecule has 25 heavy (non-hydrogen) atoms. The second-order valence-corrected chi connectivity index (χ2v) is 6.40. The van der Waals surface area contributed by atoms with Crippen molar-refractivity contribution >= 4 is 0 Å². The second-order valence-electron chi connectivity index (χ2n) is 6.40.